The van der Waals surface area contributed by atoms with E-state index in [1.807, 2.05) is 0 Å². The molecule has 7 nitrogen and oxygen atoms in total. The van der Waals surface area contributed by atoms with E-state index < -0.39 is 10.8 Å². The predicted molar refractivity (Wildman–Crippen MR) is 129 cm³/mol. The van der Waals surface area contributed by atoms with E-state index in [0.29, 0.717) is 41.1 Å². The number of anilines is 1. The number of nitriles is 1. The fraction of sp³-hybridized carbons (Fsp3) is 0.423. The second-order valence-corrected chi connectivity index (χ2v) is 10.3. The second-order valence-electron chi connectivity index (χ2n) is 9.18. The number of rotatable bonds is 3. The number of aryl methyl sites for hydroxylation is 1. The molecule has 0 fully saturated rings. The lowest BCUT2D eigenvalue weighted by molar-refractivity contribution is -0.384. The van der Waals surface area contributed by atoms with Gasteiger partial charge in [0.2, 0.25) is 5.91 Å². The van der Waals surface area contributed by atoms with Gasteiger partial charge >= 0.3 is 0 Å². The van der Waals surface area contributed by atoms with Gasteiger partial charge in [-0.1, -0.05) is 25.0 Å². The summed E-state index contributed by atoms with van der Waals surface area (Å²) in [7, 11) is 0. The zero-order valence-electron chi connectivity index (χ0n) is 18.8. The summed E-state index contributed by atoms with van der Waals surface area (Å²) in [6.45, 7) is 0. The molecule has 0 unspecified atom stereocenters. The van der Waals surface area contributed by atoms with Crippen molar-refractivity contribution in [3.8, 4) is 6.07 Å². The summed E-state index contributed by atoms with van der Waals surface area (Å²) in [6, 6.07) is 8.53. The molecular weight excluding hydrogens is 450 g/mol. The number of hydrogen-bond donors (Lipinski definition) is 0. The van der Waals surface area contributed by atoms with E-state index >= 15 is 0 Å². The number of ketones is 1. The molecule has 8 heteroatoms. The molecule has 1 aromatic carbocycles. The predicted octanol–water partition coefficient (Wildman–Crippen LogP) is 5.71. The van der Waals surface area contributed by atoms with Crippen LogP contribution < -0.4 is 4.90 Å². The molecular formula is C26H25N3O4S. The summed E-state index contributed by atoms with van der Waals surface area (Å²) in [5, 5.41) is 21.8. The summed E-state index contributed by atoms with van der Waals surface area (Å²) >= 11 is 1.54. The van der Waals surface area contributed by atoms with Gasteiger partial charge in [0.25, 0.3) is 5.69 Å². The lowest BCUT2D eigenvalue weighted by Gasteiger charge is -2.37. The average Bonchev–Trinajstić information content (AvgIpc) is 3.14. The molecule has 0 spiro atoms. The number of non-ortho nitro benzene ring substituents is 1. The van der Waals surface area contributed by atoms with Gasteiger partial charge in [0.1, 0.15) is 11.1 Å². The second kappa shape index (κ2) is 9.15. The highest BCUT2D eigenvalue weighted by Gasteiger charge is 2.41. The quantitative estimate of drug-likeness (QED) is 0.417. The van der Waals surface area contributed by atoms with Crippen LogP contribution in [0.15, 0.2) is 35.5 Å². The number of allylic oxidation sites excluding steroid dienone is 2. The van der Waals surface area contributed by atoms with E-state index in [4.69, 9.17) is 0 Å². The maximum Gasteiger partial charge on any atom is 0.269 e. The summed E-state index contributed by atoms with van der Waals surface area (Å²) in [4.78, 5) is 40.2. The van der Waals surface area contributed by atoms with Crippen molar-refractivity contribution < 1.29 is 14.5 Å². The number of nitro groups is 1. The molecule has 2 heterocycles. The molecule has 1 aliphatic heterocycles. The van der Waals surface area contributed by atoms with Crippen LogP contribution in [0.25, 0.3) is 0 Å². The first-order chi connectivity index (χ1) is 16.5. The van der Waals surface area contributed by atoms with Gasteiger partial charge in [-0.15, -0.1) is 11.3 Å². The fourth-order valence-corrected chi connectivity index (χ4v) is 6.90. The minimum Gasteiger partial charge on any atom is -0.294 e. The maximum absolute atomic E-state index is 13.6. The number of hydrogen-bond acceptors (Lipinski definition) is 6. The molecule has 0 saturated heterocycles. The number of amides is 1. The Morgan fingerprint density at radius 2 is 1.74 bits per heavy atom. The first-order valence-electron chi connectivity index (χ1n) is 11.9. The van der Waals surface area contributed by atoms with Crippen molar-refractivity contribution in [3.63, 3.8) is 0 Å². The largest absolute Gasteiger partial charge is 0.294 e. The number of fused-ring (bicyclic) bond motifs is 1. The van der Waals surface area contributed by atoms with E-state index in [9.17, 15) is 25.0 Å². The van der Waals surface area contributed by atoms with Crippen LogP contribution in [-0.2, 0) is 22.4 Å². The number of nitro benzene ring substituents is 1. The average molecular weight is 476 g/mol. The Kier molecular flexibility index (Phi) is 6.05. The summed E-state index contributed by atoms with van der Waals surface area (Å²) in [6.07, 6.45) is 8.04. The summed E-state index contributed by atoms with van der Waals surface area (Å²) in [5.74, 6) is -0.517. The van der Waals surface area contributed by atoms with E-state index in [1.165, 1.54) is 23.4 Å². The van der Waals surface area contributed by atoms with Crippen LogP contribution in [0.2, 0.25) is 0 Å². The van der Waals surface area contributed by atoms with Gasteiger partial charge in [-0.25, -0.2) is 0 Å². The van der Waals surface area contributed by atoms with E-state index in [0.717, 1.165) is 43.2 Å². The third-order valence-electron chi connectivity index (χ3n) is 7.15. The highest BCUT2D eigenvalue weighted by atomic mass is 32.1. The van der Waals surface area contributed by atoms with Gasteiger partial charge in [-0.3, -0.25) is 24.6 Å². The molecule has 1 atom stereocenters. The molecule has 1 amide bonds. The number of carbonyl (C=O) groups excluding carboxylic acids is 2. The zero-order chi connectivity index (χ0) is 23.8. The smallest absolute Gasteiger partial charge is 0.269 e. The Balaban J connectivity index is 1.62. The first-order valence-corrected chi connectivity index (χ1v) is 12.7. The van der Waals surface area contributed by atoms with Gasteiger partial charge in [0, 0.05) is 47.0 Å². The molecule has 0 bridgehead atoms. The Labute approximate surface area is 201 Å². The van der Waals surface area contributed by atoms with Crippen molar-refractivity contribution in [3.05, 3.63) is 67.2 Å². The van der Waals surface area contributed by atoms with Gasteiger partial charge in [0.05, 0.1) is 10.5 Å². The summed E-state index contributed by atoms with van der Waals surface area (Å²) < 4.78 is 0. The van der Waals surface area contributed by atoms with Crippen molar-refractivity contribution in [2.45, 2.75) is 70.1 Å². The molecule has 3 aliphatic rings. The Morgan fingerprint density at radius 1 is 1.00 bits per heavy atom. The van der Waals surface area contributed by atoms with Gasteiger partial charge in [0.15, 0.2) is 5.78 Å². The number of carbonyl (C=O) groups is 2. The molecule has 174 valence electrons. The highest BCUT2D eigenvalue weighted by molar-refractivity contribution is 7.16. The lowest BCUT2D eigenvalue weighted by Crippen LogP contribution is -2.40. The number of nitrogens with zero attached hydrogens (tertiary/aromatic N) is 3. The molecule has 1 aromatic heterocycles. The lowest BCUT2D eigenvalue weighted by atomic mass is 9.77. The van der Waals surface area contributed by atoms with Gasteiger partial charge in [-0.05, 0) is 49.7 Å². The summed E-state index contributed by atoms with van der Waals surface area (Å²) in [5.41, 5.74) is 3.73. The third-order valence-corrected chi connectivity index (χ3v) is 8.43. The topological polar surface area (TPSA) is 104 Å². The molecule has 0 N–H and O–H groups in total. The van der Waals surface area contributed by atoms with Crippen molar-refractivity contribution in [1.82, 2.24) is 0 Å². The van der Waals surface area contributed by atoms with Crippen LogP contribution in [0.1, 0.15) is 78.9 Å². The number of thiophene rings is 1. The van der Waals surface area contributed by atoms with Crippen LogP contribution in [0.4, 0.5) is 10.7 Å². The van der Waals surface area contributed by atoms with Crippen LogP contribution in [0, 0.1) is 21.4 Å². The fourth-order valence-electron chi connectivity index (χ4n) is 5.52. The normalized spacial score (nSPS) is 20.8. The standard InChI is InChI=1S/C26H25N3O4S/c27-15-20-18-6-3-1-2-4-9-23(18)34-26(20)28-21-7-5-8-22(30)25(21)19(14-24(28)31)16-10-12-17(13-11-16)29(32)33/h10-13,19H,1-9,14H2/t19-/m1/s1. The molecule has 0 saturated carbocycles. The molecule has 2 aromatic rings. The van der Waals surface area contributed by atoms with Crippen molar-refractivity contribution in [1.29, 1.82) is 5.26 Å². The number of Topliss-reactive ketones (excluding diaryl/α,β-unsaturated/α-hetero) is 1. The Morgan fingerprint density at radius 3 is 2.44 bits per heavy atom. The van der Waals surface area contributed by atoms with Gasteiger partial charge in [-0.2, -0.15) is 5.26 Å². The van der Waals surface area contributed by atoms with E-state index in [2.05, 4.69) is 6.07 Å². The van der Waals surface area contributed by atoms with Crippen molar-refractivity contribution in [2.75, 3.05) is 4.90 Å². The molecule has 0 radical (unpaired) electrons. The maximum atomic E-state index is 13.6. The van der Waals surface area contributed by atoms with Crippen LogP contribution in [0.5, 0.6) is 0 Å². The number of benzene rings is 1. The minimum atomic E-state index is -0.458. The monoisotopic (exact) mass is 475 g/mol. The Hall–Kier alpha value is -3.31. The molecule has 2 aliphatic carbocycles. The molecule has 34 heavy (non-hydrogen) atoms. The first kappa shape index (κ1) is 22.5. The van der Waals surface area contributed by atoms with Crippen molar-refractivity contribution >= 4 is 33.7 Å². The third kappa shape index (κ3) is 3.84. The zero-order valence-corrected chi connectivity index (χ0v) is 19.7. The van der Waals surface area contributed by atoms with Crippen LogP contribution >= 0.6 is 11.3 Å². The van der Waals surface area contributed by atoms with E-state index in [-0.39, 0.29) is 23.8 Å². The van der Waals surface area contributed by atoms with Crippen molar-refractivity contribution in [2.24, 2.45) is 0 Å². The highest BCUT2D eigenvalue weighted by Crippen LogP contribution is 2.47. The van der Waals surface area contributed by atoms with Crippen LogP contribution in [-0.4, -0.2) is 16.6 Å². The minimum absolute atomic E-state index is 0.0219. The van der Waals surface area contributed by atoms with Crippen LogP contribution in [0.3, 0.4) is 0 Å². The van der Waals surface area contributed by atoms with E-state index in [1.54, 1.807) is 28.4 Å². The van der Waals surface area contributed by atoms with Gasteiger partial charge < -0.3 is 0 Å². The molecule has 5 rings (SSSR count). The SMILES string of the molecule is N#Cc1c(N2C(=O)C[C@H](c3ccc([N+](=O)[O-])cc3)C3=C2CCCC3=O)sc2c1CCCCCC2. The Bertz CT molecular complexity index is 1250.